The molecule has 0 N–H and O–H groups in total. The van der Waals surface area contributed by atoms with Gasteiger partial charge in [-0.2, -0.15) is 0 Å². The molecule has 0 fully saturated rings. The first-order chi connectivity index (χ1) is 3.31. The van der Waals surface area contributed by atoms with Crippen molar-refractivity contribution >= 4 is 23.2 Å². The standard InChI is InChI=1S/C5H9Cl2/c1-2-3-5(7)4-6/h5H,1-4H2. The third-order valence-corrected chi connectivity index (χ3v) is 1.59. The Labute approximate surface area is 54.8 Å². The monoisotopic (exact) mass is 139 g/mol. The molecular formula is C5H9Cl2. The van der Waals surface area contributed by atoms with E-state index in [1.165, 1.54) is 0 Å². The smallest absolute Gasteiger partial charge is 0.0471 e. The Balaban J connectivity index is 2.83. The zero-order valence-electron chi connectivity index (χ0n) is 4.16. The number of hydrogen-bond donors (Lipinski definition) is 0. The summed E-state index contributed by atoms with van der Waals surface area (Å²) in [6.45, 7) is 3.63. The van der Waals surface area contributed by atoms with Gasteiger partial charge in [0.25, 0.3) is 0 Å². The molecule has 0 spiro atoms. The molecule has 7 heavy (non-hydrogen) atoms. The molecule has 1 unspecified atom stereocenters. The van der Waals surface area contributed by atoms with Gasteiger partial charge in [0.2, 0.25) is 0 Å². The number of halogens is 2. The van der Waals surface area contributed by atoms with Crippen LogP contribution in [0.25, 0.3) is 0 Å². The highest BCUT2D eigenvalue weighted by Crippen LogP contribution is 2.05. The minimum Gasteiger partial charge on any atom is -0.125 e. The van der Waals surface area contributed by atoms with Crippen molar-refractivity contribution in [3.05, 3.63) is 6.92 Å². The van der Waals surface area contributed by atoms with E-state index < -0.39 is 0 Å². The third-order valence-electron chi connectivity index (χ3n) is 0.685. The number of alkyl halides is 2. The molecular weight excluding hydrogens is 131 g/mol. The molecule has 1 radical (unpaired) electrons. The molecule has 43 valence electrons. The van der Waals surface area contributed by atoms with Gasteiger partial charge in [-0.1, -0.05) is 13.3 Å². The van der Waals surface area contributed by atoms with Gasteiger partial charge in [0.15, 0.2) is 0 Å². The van der Waals surface area contributed by atoms with E-state index in [-0.39, 0.29) is 5.38 Å². The molecule has 0 bridgehead atoms. The summed E-state index contributed by atoms with van der Waals surface area (Å²) < 4.78 is 0. The topological polar surface area (TPSA) is 0 Å². The summed E-state index contributed by atoms with van der Waals surface area (Å²) in [5, 5.41) is 0.124. The van der Waals surface area contributed by atoms with Gasteiger partial charge >= 0.3 is 0 Å². The fourth-order valence-corrected chi connectivity index (χ4v) is 0.607. The van der Waals surface area contributed by atoms with E-state index in [9.17, 15) is 0 Å². The maximum absolute atomic E-state index is 5.59. The molecule has 0 heterocycles. The lowest BCUT2D eigenvalue weighted by atomic mass is 10.3. The van der Waals surface area contributed by atoms with Crippen LogP contribution in [-0.2, 0) is 0 Å². The van der Waals surface area contributed by atoms with Gasteiger partial charge in [-0.05, 0) is 6.42 Å². The van der Waals surface area contributed by atoms with Crippen LogP contribution in [0.2, 0.25) is 0 Å². The summed E-state index contributed by atoms with van der Waals surface area (Å²) >= 11 is 11.0. The van der Waals surface area contributed by atoms with Crippen molar-refractivity contribution in [3.63, 3.8) is 0 Å². The molecule has 2 heteroatoms. The normalized spacial score (nSPS) is 14.1. The Morgan fingerprint density at radius 1 is 1.57 bits per heavy atom. The van der Waals surface area contributed by atoms with Crippen LogP contribution < -0.4 is 0 Å². The molecule has 0 aliphatic carbocycles. The van der Waals surface area contributed by atoms with Gasteiger partial charge in [0, 0.05) is 11.3 Å². The van der Waals surface area contributed by atoms with Crippen LogP contribution in [-0.4, -0.2) is 11.3 Å². The highest BCUT2D eigenvalue weighted by molar-refractivity contribution is 6.28. The average molecular weight is 140 g/mol. The highest BCUT2D eigenvalue weighted by atomic mass is 35.5. The van der Waals surface area contributed by atoms with Crippen LogP contribution in [0.1, 0.15) is 12.8 Å². The third kappa shape index (κ3) is 4.43. The lowest BCUT2D eigenvalue weighted by Crippen LogP contribution is -1.97. The van der Waals surface area contributed by atoms with Crippen LogP contribution in [0.4, 0.5) is 0 Å². The zero-order chi connectivity index (χ0) is 5.70. The molecule has 0 amide bonds. The van der Waals surface area contributed by atoms with Gasteiger partial charge in [-0.25, -0.2) is 0 Å². The van der Waals surface area contributed by atoms with Crippen LogP contribution in [0, 0.1) is 6.92 Å². The Bertz CT molecular complexity index is 37.1. The summed E-state index contributed by atoms with van der Waals surface area (Å²) in [5.41, 5.74) is 0. The van der Waals surface area contributed by atoms with Crippen LogP contribution in [0.5, 0.6) is 0 Å². The van der Waals surface area contributed by atoms with Crippen molar-refractivity contribution in [1.82, 2.24) is 0 Å². The summed E-state index contributed by atoms with van der Waals surface area (Å²) in [6.07, 6.45) is 1.80. The van der Waals surface area contributed by atoms with Crippen molar-refractivity contribution in [2.45, 2.75) is 18.2 Å². The van der Waals surface area contributed by atoms with Crippen LogP contribution >= 0.6 is 23.2 Å². The van der Waals surface area contributed by atoms with Gasteiger partial charge in [-0.15, -0.1) is 23.2 Å². The second-order valence-electron chi connectivity index (χ2n) is 1.39. The predicted molar refractivity (Wildman–Crippen MR) is 35.0 cm³/mol. The van der Waals surface area contributed by atoms with Crippen molar-refractivity contribution in [1.29, 1.82) is 0 Å². The summed E-state index contributed by atoms with van der Waals surface area (Å²) in [7, 11) is 0. The first-order valence-corrected chi connectivity index (χ1v) is 3.27. The van der Waals surface area contributed by atoms with Crippen molar-refractivity contribution in [3.8, 4) is 0 Å². The maximum Gasteiger partial charge on any atom is 0.0471 e. The molecule has 0 aliphatic rings. The SMILES string of the molecule is [CH2]CCC(Cl)CCl. The highest BCUT2D eigenvalue weighted by Gasteiger charge is 1.97. The van der Waals surface area contributed by atoms with Gasteiger partial charge < -0.3 is 0 Å². The van der Waals surface area contributed by atoms with E-state index in [1.54, 1.807) is 0 Å². The molecule has 0 saturated heterocycles. The fraction of sp³-hybridized carbons (Fsp3) is 0.800. The lowest BCUT2D eigenvalue weighted by molar-refractivity contribution is 0.826. The van der Waals surface area contributed by atoms with Crippen molar-refractivity contribution in [2.24, 2.45) is 0 Å². The summed E-state index contributed by atoms with van der Waals surface area (Å²) in [6, 6.07) is 0. The summed E-state index contributed by atoms with van der Waals surface area (Å²) in [4.78, 5) is 0. The number of hydrogen-bond acceptors (Lipinski definition) is 0. The second-order valence-corrected chi connectivity index (χ2v) is 2.32. The molecule has 0 rings (SSSR count). The quantitative estimate of drug-likeness (QED) is 0.528. The molecule has 0 aromatic rings. The van der Waals surface area contributed by atoms with Crippen molar-refractivity contribution in [2.75, 3.05) is 5.88 Å². The van der Waals surface area contributed by atoms with E-state index in [2.05, 4.69) is 6.92 Å². The van der Waals surface area contributed by atoms with Gasteiger partial charge in [-0.3, -0.25) is 0 Å². The van der Waals surface area contributed by atoms with E-state index in [4.69, 9.17) is 23.2 Å². The molecule has 0 aromatic carbocycles. The van der Waals surface area contributed by atoms with Crippen molar-refractivity contribution < 1.29 is 0 Å². The van der Waals surface area contributed by atoms with Gasteiger partial charge in [0.05, 0.1) is 0 Å². The summed E-state index contributed by atoms with van der Waals surface area (Å²) in [5.74, 6) is 0.539. The molecule has 1 atom stereocenters. The van der Waals surface area contributed by atoms with E-state index in [0.29, 0.717) is 5.88 Å². The predicted octanol–water partition coefficient (Wildman–Crippen LogP) is 2.45. The molecule has 0 aromatic heterocycles. The molecule has 0 saturated carbocycles. The Kier molecular flexibility index (Phi) is 5.12. The van der Waals surface area contributed by atoms with Crippen LogP contribution in [0.3, 0.4) is 0 Å². The maximum atomic E-state index is 5.59. The first kappa shape index (κ1) is 7.58. The zero-order valence-corrected chi connectivity index (χ0v) is 5.67. The fourth-order valence-electron chi connectivity index (χ4n) is 0.299. The van der Waals surface area contributed by atoms with E-state index in [0.717, 1.165) is 12.8 Å². The molecule has 0 aliphatic heterocycles. The Morgan fingerprint density at radius 2 is 2.14 bits per heavy atom. The van der Waals surface area contributed by atoms with Gasteiger partial charge in [0.1, 0.15) is 0 Å². The minimum atomic E-state index is 0.124. The lowest BCUT2D eigenvalue weighted by Gasteiger charge is -1.98. The molecule has 0 nitrogen and oxygen atoms in total. The van der Waals surface area contributed by atoms with E-state index in [1.807, 2.05) is 0 Å². The van der Waals surface area contributed by atoms with E-state index >= 15 is 0 Å². The largest absolute Gasteiger partial charge is 0.125 e. The Morgan fingerprint density at radius 3 is 2.29 bits per heavy atom. The van der Waals surface area contributed by atoms with Crippen LogP contribution in [0.15, 0.2) is 0 Å². The average Bonchev–Trinajstić information content (AvgIpc) is 1.68. The number of rotatable bonds is 3. The minimum absolute atomic E-state index is 0.124. The first-order valence-electron chi connectivity index (χ1n) is 2.30. The second kappa shape index (κ2) is 4.73. The Hall–Kier alpha value is 0.580.